The second kappa shape index (κ2) is 3.62. The lowest BCUT2D eigenvalue weighted by Crippen LogP contribution is -2.09. The van der Waals surface area contributed by atoms with Crippen molar-refractivity contribution in [3.63, 3.8) is 0 Å². The Kier molecular flexibility index (Phi) is 2.12. The first-order valence-electron chi connectivity index (χ1n) is 5.44. The van der Waals surface area contributed by atoms with Gasteiger partial charge in [0.15, 0.2) is 5.82 Å². The summed E-state index contributed by atoms with van der Waals surface area (Å²) in [4.78, 5) is 4.30. The van der Waals surface area contributed by atoms with E-state index >= 15 is 0 Å². The van der Waals surface area contributed by atoms with Crippen LogP contribution >= 0.6 is 0 Å². The van der Waals surface area contributed by atoms with Gasteiger partial charge in [-0.15, -0.1) is 10.2 Å². The molecule has 3 rings (SSSR count). The number of aryl methyl sites for hydroxylation is 1. The molecule has 0 amide bonds. The summed E-state index contributed by atoms with van der Waals surface area (Å²) in [7, 11) is 1.93. The third-order valence-electron chi connectivity index (χ3n) is 2.82. The summed E-state index contributed by atoms with van der Waals surface area (Å²) in [5, 5.41) is 11.1. The zero-order valence-electron chi connectivity index (χ0n) is 9.17. The Hall–Kier alpha value is -1.85. The summed E-state index contributed by atoms with van der Waals surface area (Å²) in [6.07, 6.45) is 8.07. The first-order valence-corrected chi connectivity index (χ1v) is 5.44. The predicted molar refractivity (Wildman–Crippen MR) is 58.8 cm³/mol. The van der Waals surface area contributed by atoms with Crippen LogP contribution in [0, 0.1) is 0 Å². The molecular formula is C10H14N6. The fourth-order valence-electron chi connectivity index (χ4n) is 1.72. The fraction of sp³-hybridized carbons (Fsp3) is 0.500. The van der Waals surface area contributed by atoms with Crippen molar-refractivity contribution in [3.05, 3.63) is 24.5 Å². The molecule has 6 nitrogen and oxygen atoms in total. The minimum Gasteiger partial charge on any atom is -0.348 e. The van der Waals surface area contributed by atoms with Crippen molar-refractivity contribution in [2.75, 3.05) is 5.32 Å². The number of rotatable bonds is 4. The molecule has 2 heterocycles. The lowest BCUT2D eigenvalue weighted by atomic mass is 10.5. The molecule has 2 aromatic heterocycles. The van der Waals surface area contributed by atoms with Gasteiger partial charge in [-0.1, -0.05) is 0 Å². The highest BCUT2D eigenvalue weighted by Crippen LogP contribution is 2.36. The Balaban J connectivity index is 1.70. The lowest BCUT2D eigenvalue weighted by molar-refractivity contribution is 0.733. The van der Waals surface area contributed by atoms with E-state index in [1.165, 1.54) is 12.8 Å². The number of imidazole rings is 1. The van der Waals surface area contributed by atoms with Gasteiger partial charge in [0.1, 0.15) is 6.33 Å². The van der Waals surface area contributed by atoms with E-state index in [0.717, 1.165) is 11.8 Å². The van der Waals surface area contributed by atoms with Gasteiger partial charge in [-0.3, -0.25) is 0 Å². The summed E-state index contributed by atoms with van der Waals surface area (Å²) in [6, 6.07) is 0.643. The Bertz CT molecular complexity index is 481. The molecule has 0 bridgehead atoms. The van der Waals surface area contributed by atoms with E-state index in [4.69, 9.17) is 0 Å². The molecule has 0 atom stereocenters. The van der Waals surface area contributed by atoms with Gasteiger partial charge in [-0.05, 0) is 12.8 Å². The lowest BCUT2D eigenvalue weighted by Gasteiger charge is -2.07. The van der Waals surface area contributed by atoms with Crippen LogP contribution < -0.4 is 5.32 Å². The maximum Gasteiger partial charge on any atom is 0.203 e. The van der Waals surface area contributed by atoms with Crippen LogP contribution in [0.5, 0.6) is 0 Å². The molecule has 0 spiro atoms. The van der Waals surface area contributed by atoms with Gasteiger partial charge in [0.2, 0.25) is 5.95 Å². The van der Waals surface area contributed by atoms with Gasteiger partial charge >= 0.3 is 0 Å². The average Bonchev–Trinajstić information content (AvgIpc) is 2.88. The van der Waals surface area contributed by atoms with Crippen LogP contribution in [0.15, 0.2) is 18.7 Å². The molecule has 1 fully saturated rings. The van der Waals surface area contributed by atoms with E-state index < -0.39 is 0 Å². The van der Waals surface area contributed by atoms with Crippen molar-refractivity contribution in [2.24, 2.45) is 7.05 Å². The van der Waals surface area contributed by atoms with Crippen LogP contribution in [-0.4, -0.2) is 24.3 Å². The van der Waals surface area contributed by atoms with E-state index in [1.807, 2.05) is 24.0 Å². The Labute approximate surface area is 93.3 Å². The highest BCUT2D eigenvalue weighted by molar-refractivity contribution is 5.28. The third-order valence-corrected chi connectivity index (χ3v) is 2.82. The van der Waals surface area contributed by atoms with Crippen molar-refractivity contribution in [2.45, 2.75) is 25.4 Å². The van der Waals surface area contributed by atoms with Crippen molar-refractivity contribution >= 4 is 5.95 Å². The molecule has 0 radical (unpaired) electrons. The quantitative estimate of drug-likeness (QED) is 0.830. The Morgan fingerprint density at radius 3 is 3.06 bits per heavy atom. The zero-order chi connectivity index (χ0) is 11.0. The van der Waals surface area contributed by atoms with Crippen LogP contribution in [0.3, 0.4) is 0 Å². The highest BCUT2D eigenvalue weighted by Gasteiger charge is 2.25. The van der Waals surface area contributed by atoms with Crippen LogP contribution in [-0.2, 0) is 13.6 Å². The Morgan fingerprint density at radius 2 is 2.38 bits per heavy atom. The summed E-state index contributed by atoms with van der Waals surface area (Å²) in [5.74, 6) is 1.83. The molecule has 16 heavy (non-hydrogen) atoms. The molecule has 6 heteroatoms. The largest absolute Gasteiger partial charge is 0.348 e. The second-order valence-corrected chi connectivity index (χ2v) is 4.10. The molecule has 0 saturated heterocycles. The number of hydrogen-bond donors (Lipinski definition) is 1. The van der Waals surface area contributed by atoms with Gasteiger partial charge < -0.3 is 14.5 Å². The van der Waals surface area contributed by atoms with Crippen molar-refractivity contribution in [3.8, 4) is 0 Å². The van der Waals surface area contributed by atoms with Crippen molar-refractivity contribution < 1.29 is 0 Å². The summed E-state index contributed by atoms with van der Waals surface area (Å²) < 4.78 is 4.09. The standard InChI is InChI=1S/C10H14N6/c1-15-7-13-14-9(15)6-12-10-11-4-5-16(10)8-2-3-8/h4-5,7-8H,2-3,6H2,1H3,(H,11,12). The van der Waals surface area contributed by atoms with E-state index in [-0.39, 0.29) is 0 Å². The SMILES string of the molecule is Cn1cnnc1CNc1nccn1C1CC1. The van der Waals surface area contributed by atoms with E-state index in [0.29, 0.717) is 12.6 Å². The summed E-state index contributed by atoms with van der Waals surface area (Å²) in [6.45, 7) is 0.653. The number of nitrogens with one attached hydrogen (secondary N) is 1. The molecule has 1 aliphatic rings. The van der Waals surface area contributed by atoms with E-state index in [2.05, 4.69) is 25.1 Å². The molecule has 2 aromatic rings. The summed E-state index contributed by atoms with van der Waals surface area (Å²) >= 11 is 0. The topological polar surface area (TPSA) is 60.6 Å². The molecule has 84 valence electrons. The molecule has 0 unspecified atom stereocenters. The molecule has 1 N–H and O–H groups in total. The van der Waals surface area contributed by atoms with Gasteiger partial charge in [-0.2, -0.15) is 0 Å². The van der Waals surface area contributed by atoms with Gasteiger partial charge in [0.05, 0.1) is 6.54 Å². The molecule has 0 aromatic carbocycles. The third kappa shape index (κ3) is 1.66. The fourth-order valence-corrected chi connectivity index (χ4v) is 1.72. The normalized spacial score (nSPS) is 15.3. The Morgan fingerprint density at radius 1 is 1.50 bits per heavy atom. The van der Waals surface area contributed by atoms with E-state index in [1.54, 1.807) is 6.33 Å². The average molecular weight is 218 g/mol. The highest BCUT2D eigenvalue weighted by atomic mass is 15.3. The zero-order valence-corrected chi connectivity index (χ0v) is 9.17. The van der Waals surface area contributed by atoms with Crippen LogP contribution in [0.4, 0.5) is 5.95 Å². The maximum absolute atomic E-state index is 4.30. The number of anilines is 1. The van der Waals surface area contributed by atoms with Crippen LogP contribution in [0.2, 0.25) is 0 Å². The monoisotopic (exact) mass is 218 g/mol. The first kappa shape index (κ1) is 9.38. The van der Waals surface area contributed by atoms with Crippen LogP contribution in [0.25, 0.3) is 0 Å². The van der Waals surface area contributed by atoms with Gasteiger partial charge in [0, 0.05) is 25.5 Å². The van der Waals surface area contributed by atoms with Gasteiger partial charge in [0.25, 0.3) is 0 Å². The first-order chi connectivity index (χ1) is 7.84. The second-order valence-electron chi connectivity index (χ2n) is 4.10. The van der Waals surface area contributed by atoms with Crippen LogP contribution in [0.1, 0.15) is 24.7 Å². The molecule has 1 saturated carbocycles. The smallest absolute Gasteiger partial charge is 0.203 e. The molecule has 1 aliphatic carbocycles. The predicted octanol–water partition coefficient (Wildman–Crippen LogP) is 0.959. The minimum absolute atomic E-state index is 0.643. The molecule has 0 aliphatic heterocycles. The maximum atomic E-state index is 4.30. The number of aromatic nitrogens is 5. The van der Waals surface area contributed by atoms with Gasteiger partial charge in [-0.25, -0.2) is 4.98 Å². The van der Waals surface area contributed by atoms with E-state index in [9.17, 15) is 0 Å². The number of nitrogens with zero attached hydrogens (tertiary/aromatic N) is 5. The van der Waals surface area contributed by atoms with Crippen molar-refractivity contribution in [1.82, 2.24) is 24.3 Å². The molecular weight excluding hydrogens is 204 g/mol. The summed E-state index contributed by atoms with van der Waals surface area (Å²) in [5.41, 5.74) is 0. The number of hydrogen-bond acceptors (Lipinski definition) is 4. The van der Waals surface area contributed by atoms with Crippen molar-refractivity contribution in [1.29, 1.82) is 0 Å². The minimum atomic E-state index is 0.643.